The fourth-order valence-electron chi connectivity index (χ4n) is 3.67. The molecule has 0 aliphatic rings. The molecule has 1 N–H and O–H groups in total. The lowest BCUT2D eigenvalue weighted by Crippen LogP contribution is -2.21. The van der Waals surface area contributed by atoms with E-state index in [-0.39, 0.29) is 16.4 Å². The van der Waals surface area contributed by atoms with Gasteiger partial charge in [-0.2, -0.15) is 0 Å². The second-order valence-electron chi connectivity index (χ2n) is 7.17. The first-order chi connectivity index (χ1) is 15.9. The molecule has 2 heterocycles. The number of benzene rings is 3. The third kappa shape index (κ3) is 3.40. The van der Waals surface area contributed by atoms with Gasteiger partial charge in [0.25, 0.3) is 15.6 Å². The van der Waals surface area contributed by atoms with E-state index in [4.69, 9.17) is 9.47 Å². The molecule has 0 aliphatic heterocycles. The van der Waals surface area contributed by atoms with Crippen molar-refractivity contribution in [1.82, 2.24) is 14.4 Å². The van der Waals surface area contributed by atoms with E-state index in [9.17, 15) is 13.2 Å². The van der Waals surface area contributed by atoms with Crippen LogP contribution in [-0.4, -0.2) is 37.0 Å². The maximum atomic E-state index is 13.6. The summed E-state index contributed by atoms with van der Waals surface area (Å²) in [6.07, 6.45) is 0. The lowest BCUT2D eigenvalue weighted by molar-refractivity contribution is 0.355. The molecule has 0 saturated heterocycles. The molecule has 0 amide bonds. The second-order valence-corrected chi connectivity index (χ2v) is 8.85. The van der Waals surface area contributed by atoms with Crippen molar-refractivity contribution >= 4 is 43.4 Å². The first-order valence-electron chi connectivity index (χ1n) is 9.88. The highest BCUT2D eigenvalue weighted by atomic mass is 32.2. The number of nitrogens with zero attached hydrogens (tertiary/aromatic N) is 3. The van der Waals surface area contributed by atoms with E-state index in [1.807, 2.05) is 0 Å². The number of para-hydroxylation sites is 2. The van der Waals surface area contributed by atoms with Gasteiger partial charge in [-0.15, -0.1) is 0 Å². The summed E-state index contributed by atoms with van der Waals surface area (Å²) < 4.78 is 40.5. The van der Waals surface area contributed by atoms with Gasteiger partial charge in [0, 0.05) is 6.07 Å². The first-order valence-corrected chi connectivity index (χ1v) is 11.4. The summed E-state index contributed by atoms with van der Waals surface area (Å²) in [6.45, 7) is 0. The average Bonchev–Trinajstić information content (AvgIpc) is 2.83. The van der Waals surface area contributed by atoms with Crippen molar-refractivity contribution in [2.45, 2.75) is 4.90 Å². The minimum absolute atomic E-state index is 0.0626. The van der Waals surface area contributed by atoms with Crippen LogP contribution in [0.2, 0.25) is 0 Å². The Balaban J connectivity index is 1.87. The molecule has 0 spiro atoms. The lowest BCUT2D eigenvalue weighted by atomic mass is 10.2. The van der Waals surface area contributed by atoms with E-state index in [0.29, 0.717) is 33.4 Å². The van der Waals surface area contributed by atoms with Crippen LogP contribution < -0.4 is 19.8 Å². The van der Waals surface area contributed by atoms with Gasteiger partial charge in [0.1, 0.15) is 0 Å². The number of hydrogen-bond donors (Lipinski definition) is 1. The fraction of sp³-hybridized carbons (Fsp3) is 0.0870. The summed E-state index contributed by atoms with van der Waals surface area (Å²) in [5.41, 5.74) is 0.909. The molecule has 0 saturated carbocycles. The van der Waals surface area contributed by atoms with Crippen LogP contribution in [0.1, 0.15) is 0 Å². The number of hydrogen-bond acceptors (Lipinski definition) is 7. The van der Waals surface area contributed by atoms with Crippen LogP contribution in [0.15, 0.2) is 76.4 Å². The fourth-order valence-corrected chi connectivity index (χ4v) is 4.69. The Labute approximate surface area is 188 Å². The number of nitrogens with one attached hydrogen (secondary N) is 1. The summed E-state index contributed by atoms with van der Waals surface area (Å²) in [7, 11) is -1.02. The molecule has 0 bridgehead atoms. The molecule has 9 nitrogen and oxygen atoms in total. The van der Waals surface area contributed by atoms with Crippen molar-refractivity contribution in [1.29, 1.82) is 0 Å². The van der Waals surface area contributed by atoms with Gasteiger partial charge in [-0.05, 0) is 30.3 Å². The first kappa shape index (κ1) is 20.7. The van der Waals surface area contributed by atoms with Crippen LogP contribution in [0.25, 0.3) is 27.6 Å². The molecule has 10 heteroatoms. The highest BCUT2D eigenvalue weighted by Crippen LogP contribution is 2.31. The van der Waals surface area contributed by atoms with Crippen molar-refractivity contribution in [2.24, 2.45) is 0 Å². The Morgan fingerprint density at radius 1 is 0.848 bits per heavy atom. The summed E-state index contributed by atoms with van der Waals surface area (Å²) in [6, 6.07) is 18.0. The summed E-state index contributed by atoms with van der Waals surface area (Å²) in [5.74, 6) is 0.708. The molecule has 0 unspecified atom stereocenters. The molecule has 5 aromatic rings. The van der Waals surface area contributed by atoms with E-state index < -0.39 is 15.6 Å². The van der Waals surface area contributed by atoms with Crippen molar-refractivity contribution < 1.29 is 17.9 Å². The zero-order chi connectivity index (χ0) is 23.2. The van der Waals surface area contributed by atoms with Gasteiger partial charge in [0.05, 0.1) is 41.1 Å². The van der Waals surface area contributed by atoms with Crippen molar-refractivity contribution in [2.75, 3.05) is 18.9 Å². The maximum Gasteiger partial charge on any atom is 0.266 e. The number of sulfonamides is 1. The quantitative estimate of drug-likeness (QED) is 0.315. The predicted molar refractivity (Wildman–Crippen MR) is 125 cm³/mol. The molecular weight excluding hydrogens is 444 g/mol. The summed E-state index contributed by atoms with van der Waals surface area (Å²) in [4.78, 5) is 22.7. The normalized spacial score (nSPS) is 11.7. The van der Waals surface area contributed by atoms with Gasteiger partial charge in [-0.1, -0.05) is 30.3 Å². The van der Waals surface area contributed by atoms with Gasteiger partial charge >= 0.3 is 0 Å². The molecule has 5 rings (SSSR count). The SMILES string of the molecule is COc1cc2nc3c(NS(=O)(=O)c4ccccc4)nc4ccccc4n3c(=O)c2cc1OC. The van der Waals surface area contributed by atoms with E-state index in [1.165, 1.54) is 30.8 Å². The largest absolute Gasteiger partial charge is 0.493 e. The van der Waals surface area contributed by atoms with Crippen LogP contribution in [0.3, 0.4) is 0 Å². The molecule has 3 aromatic carbocycles. The number of methoxy groups -OCH3 is 2. The minimum atomic E-state index is -3.98. The van der Waals surface area contributed by atoms with Crippen LogP contribution in [0, 0.1) is 0 Å². The average molecular weight is 462 g/mol. The number of ether oxygens (including phenoxy) is 2. The molecule has 0 radical (unpaired) electrons. The van der Waals surface area contributed by atoms with Crippen molar-refractivity contribution in [3.63, 3.8) is 0 Å². The monoisotopic (exact) mass is 462 g/mol. The topological polar surface area (TPSA) is 112 Å². The molecule has 2 aromatic heterocycles. The van der Waals surface area contributed by atoms with Crippen LogP contribution in [-0.2, 0) is 10.0 Å². The van der Waals surface area contributed by atoms with Crippen LogP contribution in [0.5, 0.6) is 11.5 Å². The summed E-state index contributed by atoms with van der Waals surface area (Å²) >= 11 is 0. The van der Waals surface area contributed by atoms with Crippen molar-refractivity contribution in [3.8, 4) is 11.5 Å². The zero-order valence-corrected chi connectivity index (χ0v) is 18.5. The van der Waals surface area contributed by atoms with E-state index in [0.717, 1.165) is 0 Å². The maximum absolute atomic E-state index is 13.6. The molecule has 33 heavy (non-hydrogen) atoms. The predicted octanol–water partition coefficient (Wildman–Crippen LogP) is 3.21. The zero-order valence-electron chi connectivity index (χ0n) is 17.6. The third-order valence-corrected chi connectivity index (χ3v) is 6.58. The van der Waals surface area contributed by atoms with E-state index >= 15 is 0 Å². The number of anilines is 1. The Morgan fingerprint density at radius 2 is 1.52 bits per heavy atom. The molecule has 0 aliphatic carbocycles. The number of rotatable bonds is 5. The van der Waals surface area contributed by atoms with Gasteiger partial charge in [0.2, 0.25) is 0 Å². The second kappa shape index (κ2) is 7.75. The minimum Gasteiger partial charge on any atom is -0.493 e. The standard InChI is InChI=1S/C23H18N4O5S/c1-31-19-12-15-17(13-20(19)32-2)25-22-21(26-33(29,30)14-8-4-3-5-9-14)24-16-10-6-7-11-18(16)27(22)23(15)28/h3-13H,1-2H3,(H,24,26). The molecule has 0 fully saturated rings. The Bertz CT molecular complexity index is 1700. The summed E-state index contributed by atoms with van der Waals surface area (Å²) in [5, 5.41) is 0.290. The Hall–Kier alpha value is -4.18. The molecule has 0 atom stereocenters. The number of aromatic nitrogens is 3. The van der Waals surface area contributed by atoms with Crippen molar-refractivity contribution in [3.05, 3.63) is 77.1 Å². The Kier molecular flexibility index (Phi) is 4.86. The third-order valence-electron chi connectivity index (χ3n) is 5.22. The molecular formula is C23H18N4O5S. The Morgan fingerprint density at radius 3 is 2.24 bits per heavy atom. The molecule has 166 valence electrons. The highest BCUT2D eigenvalue weighted by Gasteiger charge is 2.21. The number of fused-ring (bicyclic) bond motifs is 4. The smallest absolute Gasteiger partial charge is 0.266 e. The highest BCUT2D eigenvalue weighted by molar-refractivity contribution is 7.92. The van der Waals surface area contributed by atoms with Crippen LogP contribution in [0.4, 0.5) is 5.82 Å². The van der Waals surface area contributed by atoms with Crippen LogP contribution >= 0.6 is 0 Å². The van der Waals surface area contributed by atoms with Gasteiger partial charge < -0.3 is 9.47 Å². The van der Waals surface area contributed by atoms with Gasteiger partial charge in [-0.3, -0.25) is 13.9 Å². The van der Waals surface area contributed by atoms with E-state index in [1.54, 1.807) is 54.6 Å². The van der Waals surface area contributed by atoms with E-state index in [2.05, 4.69) is 14.7 Å². The lowest BCUT2D eigenvalue weighted by Gasteiger charge is -2.14. The van der Waals surface area contributed by atoms with Gasteiger partial charge in [0.15, 0.2) is 23.0 Å². The van der Waals surface area contributed by atoms with Gasteiger partial charge in [-0.25, -0.2) is 18.4 Å².